The molecule has 0 spiro atoms. The number of carbonyl (C=O) groups is 1. The molecule has 1 amide bonds. The van der Waals surface area contributed by atoms with Crippen LogP contribution >= 0.6 is 11.6 Å². The number of carbonyl (C=O) groups excluding carboxylic acids is 1. The molecule has 1 atom stereocenters. The monoisotopic (exact) mass is 669 g/mol. The van der Waals surface area contributed by atoms with Gasteiger partial charge in [0.05, 0.1) is 41.3 Å². The fraction of sp³-hybridized carbons (Fsp3) is 0.389. The Kier molecular flexibility index (Phi) is 8.94. The van der Waals surface area contributed by atoms with Crippen LogP contribution in [0.1, 0.15) is 42.5 Å². The van der Waals surface area contributed by atoms with Crippen LogP contribution in [0.4, 0.5) is 20.7 Å². The molecule has 12 heteroatoms. The summed E-state index contributed by atoms with van der Waals surface area (Å²) >= 11 is 6.50. The third kappa shape index (κ3) is 6.42. The Hall–Kier alpha value is -4.66. The zero-order valence-corrected chi connectivity index (χ0v) is 27.3. The van der Waals surface area contributed by atoms with Crippen LogP contribution in [0.5, 0.6) is 6.01 Å². The molecular weight excluding hydrogens is 633 g/mol. The van der Waals surface area contributed by atoms with E-state index >= 15 is 0 Å². The number of nitriles is 1. The Bertz CT molecular complexity index is 1870. The van der Waals surface area contributed by atoms with E-state index in [1.165, 1.54) is 6.07 Å². The Morgan fingerprint density at radius 1 is 1.06 bits per heavy atom. The van der Waals surface area contributed by atoms with Crippen molar-refractivity contribution in [2.24, 2.45) is 5.73 Å². The van der Waals surface area contributed by atoms with E-state index in [9.17, 15) is 14.4 Å². The number of amides is 1. The molecule has 4 aromatic rings. The number of piperazine rings is 1. The zero-order valence-electron chi connectivity index (χ0n) is 26.6. The lowest BCUT2D eigenvalue weighted by atomic mass is 9.78. The predicted molar refractivity (Wildman–Crippen MR) is 182 cm³/mol. The van der Waals surface area contributed by atoms with Gasteiger partial charge < -0.3 is 29.9 Å². The molecule has 3 aliphatic rings. The molecule has 2 aliphatic heterocycles. The highest BCUT2D eigenvalue weighted by atomic mass is 35.5. The standard InChI is InChI=1S/C36H37ClFN7O3/c37-32-28(38)11-10-25-8-4-9-30(31(25)32)43-17-13-27-29(21-43)41-34(48-23-36(40)14-5-15-36)42-33(27)44-18-19-45(26(20-44)12-16-39)35(46)47-22-24-6-2-1-3-7-24/h1-4,6-11,26H,5,12-15,17-23,40H2/t26-/m0/s1. The van der Waals surface area contributed by atoms with Gasteiger partial charge in [-0.3, -0.25) is 0 Å². The quantitative estimate of drug-likeness (QED) is 0.241. The third-order valence-electron chi connectivity index (χ3n) is 9.66. The van der Waals surface area contributed by atoms with E-state index in [0.29, 0.717) is 51.1 Å². The van der Waals surface area contributed by atoms with Crippen molar-refractivity contribution in [2.75, 3.05) is 42.6 Å². The number of aromatic nitrogens is 2. The Morgan fingerprint density at radius 3 is 2.67 bits per heavy atom. The van der Waals surface area contributed by atoms with Crippen molar-refractivity contribution in [1.82, 2.24) is 14.9 Å². The number of halogens is 2. The second-order valence-electron chi connectivity index (χ2n) is 12.9. The maximum atomic E-state index is 14.6. The number of fused-ring (bicyclic) bond motifs is 2. The Morgan fingerprint density at radius 2 is 1.90 bits per heavy atom. The van der Waals surface area contributed by atoms with Crippen molar-refractivity contribution in [3.63, 3.8) is 0 Å². The summed E-state index contributed by atoms with van der Waals surface area (Å²) in [6.07, 6.45) is 3.16. The molecule has 1 aliphatic carbocycles. The predicted octanol–water partition coefficient (Wildman–Crippen LogP) is 5.99. The molecule has 0 radical (unpaired) electrons. The zero-order chi connectivity index (χ0) is 33.3. The van der Waals surface area contributed by atoms with Crippen molar-refractivity contribution in [2.45, 2.75) is 56.8 Å². The van der Waals surface area contributed by atoms with Gasteiger partial charge in [0.25, 0.3) is 0 Å². The van der Waals surface area contributed by atoms with Gasteiger partial charge in [-0.2, -0.15) is 15.2 Å². The second-order valence-corrected chi connectivity index (χ2v) is 13.2. The average Bonchev–Trinajstić information content (AvgIpc) is 3.10. The van der Waals surface area contributed by atoms with E-state index in [2.05, 4.69) is 15.9 Å². The van der Waals surface area contributed by atoms with Crippen LogP contribution in [0.15, 0.2) is 60.7 Å². The summed E-state index contributed by atoms with van der Waals surface area (Å²) in [5, 5.41) is 11.3. The molecule has 0 unspecified atom stereocenters. The van der Waals surface area contributed by atoms with Crippen molar-refractivity contribution in [1.29, 1.82) is 5.26 Å². The molecule has 248 valence electrons. The molecule has 0 bridgehead atoms. The molecule has 3 aromatic carbocycles. The molecule has 2 fully saturated rings. The molecule has 2 N–H and O–H groups in total. The minimum atomic E-state index is -0.462. The van der Waals surface area contributed by atoms with Gasteiger partial charge in [-0.05, 0) is 48.8 Å². The van der Waals surface area contributed by atoms with Crippen LogP contribution in [0.3, 0.4) is 0 Å². The van der Waals surface area contributed by atoms with Gasteiger partial charge in [0.2, 0.25) is 0 Å². The van der Waals surface area contributed by atoms with Crippen molar-refractivity contribution >= 4 is 40.0 Å². The van der Waals surface area contributed by atoms with Gasteiger partial charge in [-0.15, -0.1) is 0 Å². The van der Waals surface area contributed by atoms with E-state index in [1.807, 2.05) is 48.5 Å². The number of hydrogen-bond acceptors (Lipinski definition) is 9. The Labute approximate surface area is 283 Å². The molecule has 48 heavy (non-hydrogen) atoms. The molecule has 10 nitrogen and oxygen atoms in total. The summed E-state index contributed by atoms with van der Waals surface area (Å²) in [5.74, 6) is 0.271. The van der Waals surface area contributed by atoms with E-state index in [1.54, 1.807) is 11.0 Å². The van der Waals surface area contributed by atoms with Crippen LogP contribution in [-0.2, 0) is 24.3 Å². The van der Waals surface area contributed by atoms with Crippen LogP contribution in [-0.4, -0.2) is 65.3 Å². The largest absolute Gasteiger partial charge is 0.461 e. The smallest absolute Gasteiger partial charge is 0.410 e. The number of ether oxygens (including phenoxy) is 2. The lowest BCUT2D eigenvalue weighted by molar-refractivity contribution is 0.0767. The Balaban J connectivity index is 1.17. The minimum absolute atomic E-state index is 0.0961. The maximum Gasteiger partial charge on any atom is 0.410 e. The van der Waals surface area contributed by atoms with Crippen LogP contribution in [0.25, 0.3) is 10.8 Å². The number of nitrogens with two attached hydrogens (primary N) is 1. The SMILES string of the molecule is N#CC[C@H]1CN(c2nc(OCC3(N)CCC3)nc3c2CCN(c2cccc4ccc(F)c(Cl)c24)C3)CCN1C(=O)OCc1ccccc1. The summed E-state index contributed by atoms with van der Waals surface area (Å²) in [5.41, 5.74) is 9.60. The first kappa shape index (κ1) is 31.9. The molecular formula is C36H37ClFN7O3. The van der Waals surface area contributed by atoms with Crippen LogP contribution < -0.4 is 20.3 Å². The lowest BCUT2D eigenvalue weighted by Crippen LogP contribution is -2.56. The summed E-state index contributed by atoms with van der Waals surface area (Å²) in [6, 6.07) is 20.6. The number of rotatable bonds is 8. The summed E-state index contributed by atoms with van der Waals surface area (Å²) in [7, 11) is 0. The molecule has 1 saturated carbocycles. The highest BCUT2D eigenvalue weighted by molar-refractivity contribution is 6.36. The first-order valence-corrected chi connectivity index (χ1v) is 16.7. The van der Waals surface area contributed by atoms with E-state index in [0.717, 1.165) is 53.0 Å². The summed E-state index contributed by atoms with van der Waals surface area (Å²) < 4.78 is 26.4. The van der Waals surface area contributed by atoms with Gasteiger partial charge in [0, 0.05) is 42.8 Å². The number of nitrogens with zero attached hydrogens (tertiary/aromatic N) is 6. The second kappa shape index (κ2) is 13.5. The normalized spacial score (nSPS) is 18.5. The summed E-state index contributed by atoms with van der Waals surface area (Å²) in [4.78, 5) is 28.9. The fourth-order valence-corrected chi connectivity index (χ4v) is 7.10. The third-order valence-corrected chi connectivity index (χ3v) is 10.0. The topological polar surface area (TPSA) is 121 Å². The lowest BCUT2D eigenvalue weighted by Gasteiger charge is -2.42. The van der Waals surface area contributed by atoms with Crippen molar-refractivity contribution in [3.8, 4) is 12.1 Å². The number of hydrogen-bond donors (Lipinski definition) is 1. The minimum Gasteiger partial charge on any atom is -0.461 e. The molecule has 1 aromatic heterocycles. The highest BCUT2D eigenvalue weighted by Crippen LogP contribution is 2.38. The molecule has 7 rings (SSSR count). The van der Waals surface area contributed by atoms with Crippen molar-refractivity contribution in [3.05, 3.63) is 88.3 Å². The molecule has 1 saturated heterocycles. The van der Waals surface area contributed by atoms with E-state index in [4.69, 9.17) is 36.8 Å². The van der Waals surface area contributed by atoms with Crippen molar-refractivity contribution < 1.29 is 18.7 Å². The van der Waals surface area contributed by atoms with Gasteiger partial charge in [0.15, 0.2) is 0 Å². The van der Waals surface area contributed by atoms with Gasteiger partial charge >= 0.3 is 12.1 Å². The van der Waals surface area contributed by atoms with E-state index in [-0.39, 0.29) is 24.1 Å². The van der Waals surface area contributed by atoms with E-state index < -0.39 is 23.5 Å². The van der Waals surface area contributed by atoms with Crippen LogP contribution in [0.2, 0.25) is 5.02 Å². The first-order valence-electron chi connectivity index (χ1n) is 16.3. The number of benzene rings is 3. The van der Waals surface area contributed by atoms with Gasteiger partial charge in [-0.25, -0.2) is 9.18 Å². The van der Waals surface area contributed by atoms with Crippen LogP contribution in [0, 0.1) is 17.1 Å². The molecule has 3 heterocycles. The van der Waals surface area contributed by atoms with Gasteiger partial charge in [-0.1, -0.05) is 60.1 Å². The number of anilines is 2. The maximum absolute atomic E-state index is 14.6. The fourth-order valence-electron chi connectivity index (χ4n) is 6.83. The first-order chi connectivity index (χ1) is 23.3. The average molecular weight is 670 g/mol. The highest BCUT2D eigenvalue weighted by Gasteiger charge is 2.36. The van der Waals surface area contributed by atoms with Gasteiger partial charge in [0.1, 0.15) is 24.8 Å². The summed E-state index contributed by atoms with van der Waals surface area (Å²) in [6.45, 7) is 2.81.